The molecule has 0 spiro atoms. The molecule has 6 heteroatoms. The fourth-order valence-corrected chi connectivity index (χ4v) is 1.98. The normalized spacial score (nSPS) is 13.5. The molecule has 1 aromatic rings. The van der Waals surface area contributed by atoms with Gasteiger partial charge < -0.3 is 9.29 Å². The molecule has 4 nitrogen and oxygen atoms in total. The molecule has 1 unspecified atom stereocenters. The Morgan fingerprint density at radius 1 is 1.53 bits per heavy atom. The van der Waals surface area contributed by atoms with Gasteiger partial charge in [-0.3, -0.25) is 0 Å². The average molecular weight is 277 g/mol. The van der Waals surface area contributed by atoms with E-state index < -0.39 is 11.4 Å². The van der Waals surface area contributed by atoms with Gasteiger partial charge in [-0.05, 0) is 32.4 Å². The van der Waals surface area contributed by atoms with Crippen LogP contribution < -0.4 is 9.46 Å². The quantitative estimate of drug-likeness (QED) is 0.677. The van der Waals surface area contributed by atoms with E-state index >= 15 is 0 Å². The molecule has 0 bridgehead atoms. The van der Waals surface area contributed by atoms with Gasteiger partial charge in [0.1, 0.15) is 4.75 Å². The number of halogens is 1. The molecule has 0 saturated heterocycles. The van der Waals surface area contributed by atoms with Crippen LogP contribution in [0.1, 0.15) is 26.3 Å². The highest BCUT2D eigenvalue weighted by Crippen LogP contribution is 2.22. The van der Waals surface area contributed by atoms with Crippen molar-refractivity contribution in [1.82, 2.24) is 9.71 Å². The lowest BCUT2D eigenvalue weighted by atomic mass is 10.3. The first-order chi connectivity index (χ1) is 7.84. The third kappa shape index (κ3) is 4.35. The van der Waals surface area contributed by atoms with Crippen molar-refractivity contribution in [3.05, 3.63) is 23.0 Å². The molecule has 1 aromatic heterocycles. The summed E-state index contributed by atoms with van der Waals surface area (Å²) >= 11 is 4.71. The summed E-state index contributed by atoms with van der Waals surface area (Å²) in [4.78, 5) is 3.99. The maximum atomic E-state index is 11.8. The molecule has 0 fully saturated rings. The van der Waals surface area contributed by atoms with Crippen LogP contribution in [0.2, 0.25) is 5.15 Å². The minimum absolute atomic E-state index is 0.288. The summed E-state index contributed by atoms with van der Waals surface area (Å²) in [5.74, 6) is 0.521. The number of hydrogen-bond acceptors (Lipinski definition) is 4. The molecule has 17 heavy (non-hydrogen) atoms. The van der Waals surface area contributed by atoms with Gasteiger partial charge in [0.05, 0.1) is 13.7 Å². The fraction of sp³-hybridized carbons (Fsp3) is 0.545. The second-order valence-corrected chi connectivity index (χ2v) is 6.95. The molecule has 1 heterocycles. The molecule has 0 amide bonds. The van der Waals surface area contributed by atoms with Crippen LogP contribution in [0, 0.1) is 0 Å². The molecule has 0 aliphatic heterocycles. The van der Waals surface area contributed by atoms with E-state index in [1.54, 1.807) is 12.3 Å². The highest BCUT2D eigenvalue weighted by atomic mass is 35.5. The molecule has 1 rings (SSSR count). The third-order valence-electron chi connectivity index (χ3n) is 2.05. The highest BCUT2D eigenvalue weighted by Gasteiger charge is 2.26. The number of methoxy groups -OCH3 is 1. The number of aromatic nitrogens is 1. The van der Waals surface area contributed by atoms with Gasteiger partial charge in [0, 0.05) is 17.6 Å². The Hall–Kier alpha value is -0.490. The first-order valence-corrected chi connectivity index (χ1v) is 6.71. The third-order valence-corrected chi connectivity index (χ3v) is 3.85. The van der Waals surface area contributed by atoms with Gasteiger partial charge in [-0.1, -0.05) is 11.6 Å². The number of nitrogens with one attached hydrogen (secondary N) is 1. The van der Waals surface area contributed by atoms with E-state index in [1.165, 1.54) is 7.11 Å². The van der Waals surface area contributed by atoms with Crippen LogP contribution in [0.4, 0.5) is 0 Å². The summed E-state index contributed by atoms with van der Waals surface area (Å²) in [5.41, 5.74) is 0.879. The summed E-state index contributed by atoms with van der Waals surface area (Å²) in [5, 5.41) is 0.327. The smallest absolute Gasteiger partial charge is 0.171 e. The maximum absolute atomic E-state index is 11.8. The van der Waals surface area contributed by atoms with E-state index in [9.17, 15) is 4.55 Å². The standard InChI is InChI=1S/C11H17ClN2O2S/c1-11(2,3)17(15)14-7-8-5-9(16-4)10(12)13-6-8/h5-6,14H,7H2,1-4H3. The van der Waals surface area contributed by atoms with Crippen molar-refractivity contribution in [1.29, 1.82) is 0 Å². The van der Waals surface area contributed by atoms with E-state index in [-0.39, 0.29) is 4.75 Å². The van der Waals surface area contributed by atoms with Crippen LogP contribution in [-0.4, -0.2) is 21.4 Å². The summed E-state index contributed by atoms with van der Waals surface area (Å²) in [6.45, 7) is 6.20. The minimum Gasteiger partial charge on any atom is -0.598 e. The zero-order valence-corrected chi connectivity index (χ0v) is 12.0. The van der Waals surface area contributed by atoms with Crippen LogP contribution in [0.5, 0.6) is 5.75 Å². The number of nitrogens with zero attached hydrogens (tertiary/aromatic N) is 1. The summed E-state index contributed by atoms with van der Waals surface area (Å²) in [6.07, 6.45) is 1.64. The van der Waals surface area contributed by atoms with Crippen molar-refractivity contribution in [2.45, 2.75) is 32.1 Å². The lowest BCUT2D eigenvalue weighted by molar-refractivity contribution is 0.412. The SMILES string of the molecule is COc1cc(CN[S+]([O-])C(C)(C)C)cnc1Cl. The van der Waals surface area contributed by atoms with Crippen molar-refractivity contribution in [2.24, 2.45) is 0 Å². The monoisotopic (exact) mass is 276 g/mol. The Kier molecular flexibility index (Phi) is 5.06. The Morgan fingerprint density at radius 2 is 2.18 bits per heavy atom. The molecule has 0 radical (unpaired) electrons. The first-order valence-electron chi connectivity index (χ1n) is 5.18. The molecule has 1 N–H and O–H groups in total. The second kappa shape index (κ2) is 5.91. The van der Waals surface area contributed by atoms with Gasteiger partial charge in [-0.2, -0.15) is 0 Å². The fourth-order valence-electron chi connectivity index (χ4n) is 1.07. The lowest BCUT2D eigenvalue weighted by Gasteiger charge is -2.23. The summed E-state index contributed by atoms with van der Waals surface area (Å²) in [7, 11) is 1.54. The zero-order valence-electron chi connectivity index (χ0n) is 10.4. The van der Waals surface area contributed by atoms with E-state index in [0.717, 1.165) is 5.56 Å². The predicted octanol–water partition coefficient (Wildman–Crippen LogP) is 2.30. The van der Waals surface area contributed by atoms with Gasteiger partial charge in [-0.15, -0.1) is 4.72 Å². The van der Waals surface area contributed by atoms with E-state index in [4.69, 9.17) is 16.3 Å². The van der Waals surface area contributed by atoms with Crippen molar-refractivity contribution in [3.8, 4) is 5.75 Å². The van der Waals surface area contributed by atoms with Crippen LogP contribution in [0.25, 0.3) is 0 Å². The predicted molar refractivity (Wildman–Crippen MR) is 70.5 cm³/mol. The highest BCUT2D eigenvalue weighted by molar-refractivity contribution is 7.90. The second-order valence-electron chi connectivity index (χ2n) is 4.54. The van der Waals surface area contributed by atoms with Gasteiger partial charge in [-0.25, -0.2) is 4.98 Å². The van der Waals surface area contributed by atoms with E-state index in [0.29, 0.717) is 17.4 Å². The number of hydrogen-bond donors (Lipinski definition) is 1. The number of rotatable bonds is 4. The Balaban J connectivity index is 2.64. The largest absolute Gasteiger partial charge is 0.598 e. The van der Waals surface area contributed by atoms with Gasteiger partial charge >= 0.3 is 0 Å². The van der Waals surface area contributed by atoms with Gasteiger partial charge in [0.2, 0.25) is 0 Å². The topological polar surface area (TPSA) is 57.2 Å². The molecule has 0 saturated carbocycles. The van der Waals surface area contributed by atoms with Crippen molar-refractivity contribution in [2.75, 3.05) is 7.11 Å². The van der Waals surface area contributed by atoms with E-state index in [1.807, 2.05) is 20.8 Å². The average Bonchev–Trinajstić information content (AvgIpc) is 2.26. The van der Waals surface area contributed by atoms with E-state index in [2.05, 4.69) is 9.71 Å². The maximum Gasteiger partial charge on any atom is 0.171 e. The molecule has 0 aromatic carbocycles. The van der Waals surface area contributed by atoms with Gasteiger partial charge in [0.15, 0.2) is 10.9 Å². The Morgan fingerprint density at radius 3 is 2.71 bits per heavy atom. The Bertz CT molecular complexity index is 382. The molecule has 0 aliphatic rings. The van der Waals surface area contributed by atoms with Crippen LogP contribution in [0.3, 0.4) is 0 Å². The lowest BCUT2D eigenvalue weighted by Crippen LogP contribution is -2.38. The van der Waals surface area contributed by atoms with Crippen LogP contribution >= 0.6 is 11.6 Å². The molecule has 1 atom stereocenters. The number of pyridine rings is 1. The summed E-state index contributed by atoms with van der Waals surface area (Å²) in [6, 6.07) is 1.78. The molecule has 96 valence electrons. The number of ether oxygens (including phenoxy) is 1. The van der Waals surface area contributed by atoms with Crippen molar-refractivity contribution in [3.63, 3.8) is 0 Å². The first kappa shape index (κ1) is 14.6. The van der Waals surface area contributed by atoms with Crippen LogP contribution in [0.15, 0.2) is 12.3 Å². The Labute approximate surface area is 110 Å². The molecule has 0 aliphatic carbocycles. The molecular formula is C11H17ClN2O2S. The van der Waals surface area contributed by atoms with Crippen molar-refractivity contribution >= 4 is 23.0 Å². The van der Waals surface area contributed by atoms with Crippen molar-refractivity contribution < 1.29 is 9.29 Å². The molecular weight excluding hydrogens is 260 g/mol. The van der Waals surface area contributed by atoms with Gasteiger partial charge in [0.25, 0.3) is 0 Å². The van der Waals surface area contributed by atoms with Crippen LogP contribution in [-0.2, 0) is 17.9 Å². The summed E-state index contributed by atoms with van der Waals surface area (Å²) < 4.78 is 19.5. The minimum atomic E-state index is -1.10. The zero-order chi connectivity index (χ0) is 13.1.